The number of carbonyl (C=O) groups excluding carboxylic acids is 1. The molecule has 2 heterocycles. The van der Waals surface area contributed by atoms with Crippen LogP contribution in [0.3, 0.4) is 0 Å². The van der Waals surface area contributed by atoms with Crippen LogP contribution < -0.4 is 10.1 Å². The van der Waals surface area contributed by atoms with Gasteiger partial charge in [-0.1, -0.05) is 12.1 Å². The van der Waals surface area contributed by atoms with Gasteiger partial charge in [0, 0.05) is 24.5 Å². The molecule has 0 aliphatic carbocycles. The number of anilines is 1. The summed E-state index contributed by atoms with van der Waals surface area (Å²) >= 11 is 1.68. The molecular weight excluding hydrogens is 284 g/mol. The summed E-state index contributed by atoms with van der Waals surface area (Å²) < 4.78 is 5.18. The van der Waals surface area contributed by atoms with Gasteiger partial charge in [-0.05, 0) is 35.7 Å². The van der Waals surface area contributed by atoms with E-state index in [-0.39, 0.29) is 0 Å². The summed E-state index contributed by atoms with van der Waals surface area (Å²) in [5.41, 5.74) is 2.66. The SMILES string of the molecule is COc1ccc(CN2CCc3cc(NC=O)sc3C2)cc1. The normalized spacial score (nSPS) is 14.5. The predicted octanol–water partition coefficient (Wildman–Crippen LogP) is 2.88. The van der Waals surface area contributed by atoms with Gasteiger partial charge in [0.15, 0.2) is 0 Å². The first-order chi connectivity index (χ1) is 10.3. The van der Waals surface area contributed by atoms with Crippen molar-refractivity contribution >= 4 is 22.7 Å². The number of nitrogens with zero attached hydrogens (tertiary/aromatic N) is 1. The number of amides is 1. The maximum absolute atomic E-state index is 10.5. The summed E-state index contributed by atoms with van der Waals surface area (Å²) in [5.74, 6) is 0.891. The van der Waals surface area contributed by atoms with E-state index in [0.717, 1.165) is 43.2 Å². The van der Waals surface area contributed by atoms with Crippen LogP contribution in [-0.2, 0) is 24.3 Å². The zero-order valence-corrected chi connectivity index (χ0v) is 12.8. The molecule has 3 rings (SSSR count). The third-order valence-electron chi connectivity index (χ3n) is 3.73. The molecular formula is C16H18N2O2S. The Balaban J connectivity index is 1.66. The Kier molecular flexibility index (Phi) is 4.22. The third kappa shape index (κ3) is 3.25. The molecule has 21 heavy (non-hydrogen) atoms. The van der Waals surface area contributed by atoms with Crippen LogP contribution in [0.25, 0.3) is 0 Å². The van der Waals surface area contributed by atoms with Crippen molar-refractivity contribution in [2.45, 2.75) is 19.5 Å². The first-order valence-corrected chi connectivity index (χ1v) is 7.77. The minimum Gasteiger partial charge on any atom is -0.497 e. The second kappa shape index (κ2) is 6.28. The molecule has 0 atom stereocenters. The zero-order chi connectivity index (χ0) is 14.7. The lowest BCUT2D eigenvalue weighted by Crippen LogP contribution is -2.28. The van der Waals surface area contributed by atoms with Crippen molar-refractivity contribution in [1.29, 1.82) is 0 Å². The Labute approximate surface area is 128 Å². The van der Waals surface area contributed by atoms with Crippen LogP contribution in [0.2, 0.25) is 0 Å². The minimum absolute atomic E-state index is 0.742. The molecule has 1 aromatic heterocycles. The fraction of sp³-hybridized carbons (Fsp3) is 0.312. The molecule has 110 valence electrons. The molecule has 0 unspecified atom stereocenters. The number of thiophene rings is 1. The van der Waals surface area contributed by atoms with E-state index in [0.29, 0.717) is 0 Å². The summed E-state index contributed by atoms with van der Waals surface area (Å²) in [7, 11) is 1.68. The van der Waals surface area contributed by atoms with Gasteiger partial charge in [-0.3, -0.25) is 9.69 Å². The summed E-state index contributed by atoms with van der Waals surface area (Å²) in [6.07, 6.45) is 1.79. The Bertz CT molecular complexity index is 622. The Hall–Kier alpha value is -1.85. The van der Waals surface area contributed by atoms with Crippen molar-refractivity contribution in [3.05, 3.63) is 46.3 Å². The van der Waals surface area contributed by atoms with Crippen molar-refractivity contribution in [1.82, 2.24) is 4.90 Å². The Morgan fingerprint density at radius 3 is 2.90 bits per heavy atom. The highest BCUT2D eigenvalue weighted by molar-refractivity contribution is 7.16. The lowest BCUT2D eigenvalue weighted by atomic mass is 10.1. The number of methoxy groups -OCH3 is 1. The molecule has 5 heteroatoms. The molecule has 1 amide bonds. The van der Waals surface area contributed by atoms with Crippen molar-refractivity contribution in [3.63, 3.8) is 0 Å². The van der Waals surface area contributed by atoms with Gasteiger partial charge in [0.05, 0.1) is 12.1 Å². The van der Waals surface area contributed by atoms with Gasteiger partial charge in [0.25, 0.3) is 0 Å². The minimum atomic E-state index is 0.742. The highest BCUT2D eigenvalue weighted by Crippen LogP contribution is 2.32. The number of rotatable bonds is 5. The summed E-state index contributed by atoms with van der Waals surface area (Å²) in [5, 5.41) is 3.69. The van der Waals surface area contributed by atoms with Crippen LogP contribution in [0.5, 0.6) is 5.75 Å². The van der Waals surface area contributed by atoms with Gasteiger partial charge in [-0.2, -0.15) is 0 Å². The number of benzene rings is 1. The molecule has 4 nitrogen and oxygen atoms in total. The van der Waals surface area contributed by atoms with Crippen LogP contribution in [0, 0.1) is 0 Å². The van der Waals surface area contributed by atoms with Crippen LogP contribution in [-0.4, -0.2) is 25.0 Å². The third-order valence-corrected chi connectivity index (χ3v) is 4.82. The van der Waals surface area contributed by atoms with Gasteiger partial charge >= 0.3 is 0 Å². The van der Waals surface area contributed by atoms with Gasteiger partial charge in [-0.25, -0.2) is 0 Å². The van der Waals surface area contributed by atoms with Gasteiger partial charge in [0.1, 0.15) is 5.75 Å². The fourth-order valence-electron chi connectivity index (χ4n) is 2.63. The molecule has 1 aromatic carbocycles. The van der Waals surface area contributed by atoms with Crippen LogP contribution in [0.1, 0.15) is 16.0 Å². The van der Waals surface area contributed by atoms with E-state index in [4.69, 9.17) is 4.74 Å². The quantitative estimate of drug-likeness (QED) is 0.864. The van der Waals surface area contributed by atoms with Crippen molar-refractivity contribution in [2.75, 3.05) is 19.0 Å². The van der Waals surface area contributed by atoms with E-state index in [1.165, 1.54) is 16.0 Å². The van der Waals surface area contributed by atoms with Gasteiger partial charge in [-0.15, -0.1) is 11.3 Å². The summed E-state index contributed by atoms with van der Waals surface area (Å²) in [6, 6.07) is 10.3. The smallest absolute Gasteiger partial charge is 0.212 e. The van der Waals surface area contributed by atoms with Crippen molar-refractivity contribution in [2.24, 2.45) is 0 Å². The fourth-order valence-corrected chi connectivity index (χ4v) is 3.74. The number of hydrogen-bond donors (Lipinski definition) is 1. The second-order valence-corrected chi connectivity index (χ2v) is 6.27. The number of carbonyl (C=O) groups is 1. The first-order valence-electron chi connectivity index (χ1n) is 6.95. The van der Waals surface area contributed by atoms with Crippen LogP contribution in [0.4, 0.5) is 5.00 Å². The van der Waals surface area contributed by atoms with Gasteiger partial charge < -0.3 is 10.1 Å². The van der Waals surface area contributed by atoms with Crippen molar-refractivity contribution < 1.29 is 9.53 Å². The average molecular weight is 302 g/mol. The molecule has 2 aromatic rings. The molecule has 1 N–H and O–H groups in total. The van der Waals surface area contributed by atoms with E-state index < -0.39 is 0 Å². The number of nitrogens with one attached hydrogen (secondary N) is 1. The Morgan fingerprint density at radius 2 is 2.19 bits per heavy atom. The predicted molar refractivity (Wildman–Crippen MR) is 84.8 cm³/mol. The standard InChI is InChI=1S/C16H18N2O2S/c1-20-14-4-2-12(3-5-14)9-18-7-6-13-8-16(17-11-19)21-15(13)10-18/h2-5,8,11H,6-7,9-10H2,1H3,(H,17,19). The van der Waals surface area contributed by atoms with E-state index in [2.05, 4.69) is 28.4 Å². The highest BCUT2D eigenvalue weighted by atomic mass is 32.1. The number of hydrogen-bond acceptors (Lipinski definition) is 4. The highest BCUT2D eigenvalue weighted by Gasteiger charge is 2.19. The molecule has 0 fully saturated rings. The van der Waals surface area contributed by atoms with E-state index in [9.17, 15) is 4.79 Å². The molecule has 1 aliphatic heterocycles. The summed E-state index contributed by atoms with van der Waals surface area (Å²) in [4.78, 5) is 14.3. The Morgan fingerprint density at radius 1 is 1.38 bits per heavy atom. The number of ether oxygens (including phenoxy) is 1. The van der Waals surface area contributed by atoms with Gasteiger partial charge in [0.2, 0.25) is 6.41 Å². The zero-order valence-electron chi connectivity index (χ0n) is 12.0. The van der Waals surface area contributed by atoms with Crippen LogP contribution in [0.15, 0.2) is 30.3 Å². The van der Waals surface area contributed by atoms with Crippen LogP contribution >= 0.6 is 11.3 Å². The lowest BCUT2D eigenvalue weighted by molar-refractivity contribution is -0.105. The van der Waals surface area contributed by atoms with Crippen molar-refractivity contribution in [3.8, 4) is 5.75 Å². The summed E-state index contributed by atoms with van der Waals surface area (Å²) in [6.45, 7) is 2.95. The molecule has 1 aliphatic rings. The topological polar surface area (TPSA) is 41.6 Å². The number of fused-ring (bicyclic) bond motifs is 1. The molecule has 0 radical (unpaired) electrons. The monoisotopic (exact) mass is 302 g/mol. The average Bonchev–Trinajstić information content (AvgIpc) is 2.90. The van der Waals surface area contributed by atoms with E-state index in [1.54, 1.807) is 18.4 Å². The molecule has 0 spiro atoms. The van der Waals surface area contributed by atoms with E-state index >= 15 is 0 Å². The molecule has 0 saturated carbocycles. The lowest BCUT2D eigenvalue weighted by Gasteiger charge is -2.26. The second-order valence-electron chi connectivity index (χ2n) is 5.13. The first kappa shape index (κ1) is 14.1. The van der Waals surface area contributed by atoms with E-state index in [1.807, 2.05) is 12.1 Å². The molecule has 0 bridgehead atoms. The largest absolute Gasteiger partial charge is 0.497 e. The molecule has 0 saturated heterocycles. The maximum atomic E-state index is 10.5. The maximum Gasteiger partial charge on any atom is 0.212 e.